The zero-order valence-electron chi connectivity index (χ0n) is 20.6. The molecule has 1 nitrogen and oxygen atoms in total. The van der Waals surface area contributed by atoms with Gasteiger partial charge < -0.3 is 0 Å². The molecule has 176 valence electrons. The Morgan fingerprint density at radius 2 is 1.46 bits per heavy atom. The molecule has 1 heterocycles. The van der Waals surface area contributed by atoms with Gasteiger partial charge in [0.2, 0.25) is 5.69 Å². The van der Waals surface area contributed by atoms with E-state index in [4.69, 9.17) is 0 Å². The number of fused-ring (bicyclic) bond motifs is 7. The van der Waals surface area contributed by atoms with Gasteiger partial charge in [-0.05, 0) is 102 Å². The van der Waals surface area contributed by atoms with E-state index in [1.807, 2.05) is 44.4 Å². The van der Waals surface area contributed by atoms with Gasteiger partial charge in [-0.25, -0.2) is 4.57 Å². The molecule has 0 aliphatic heterocycles. The molecule has 0 saturated heterocycles. The summed E-state index contributed by atoms with van der Waals surface area (Å²) in [5.41, 5.74) is 13.2. The van der Waals surface area contributed by atoms with Crippen LogP contribution in [-0.4, -0.2) is 0 Å². The Hall–Kier alpha value is -3.40. The van der Waals surface area contributed by atoms with Crippen LogP contribution in [0, 0.1) is 27.7 Å². The summed E-state index contributed by atoms with van der Waals surface area (Å²) in [5.74, 6) is 0. The van der Waals surface area contributed by atoms with Gasteiger partial charge in [0.1, 0.15) is 7.05 Å². The molecule has 1 aromatic heterocycles. The summed E-state index contributed by atoms with van der Waals surface area (Å²) in [6.45, 7) is 8.33. The van der Waals surface area contributed by atoms with E-state index in [1.165, 1.54) is 22.8 Å². The first-order chi connectivity index (χ1) is 16.6. The fraction of sp³-hybridized carbons (Fsp3) is 0.258. The Morgan fingerprint density at radius 3 is 2.20 bits per heavy atom. The molecule has 4 aromatic rings. The molecule has 35 heavy (non-hydrogen) atoms. The third-order valence-corrected chi connectivity index (χ3v) is 8.03. The lowest BCUT2D eigenvalue weighted by atomic mass is 9.91. The average Bonchev–Trinajstić information content (AvgIpc) is 3.35. The summed E-state index contributed by atoms with van der Waals surface area (Å²) in [4.78, 5) is 0. The Kier molecular flexibility index (Phi) is 4.61. The van der Waals surface area contributed by atoms with Crippen LogP contribution in [-0.2, 0) is 26.1 Å². The van der Waals surface area contributed by atoms with Gasteiger partial charge in [0.25, 0.3) is 0 Å². The van der Waals surface area contributed by atoms with Crippen molar-refractivity contribution >= 4 is 0 Å². The normalized spacial score (nSPS) is 13.5. The molecule has 0 spiro atoms. The quantitative estimate of drug-likeness (QED) is 0.218. The van der Waals surface area contributed by atoms with Crippen molar-refractivity contribution in [2.75, 3.05) is 0 Å². The number of pyridine rings is 1. The van der Waals surface area contributed by atoms with Crippen molar-refractivity contribution in [3.8, 4) is 33.5 Å². The third kappa shape index (κ3) is 3.12. The average molecular weight is 471 g/mol. The van der Waals surface area contributed by atoms with Crippen molar-refractivity contribution in [2.45, 2.75) is 46.7 Å². The van der Waals surface area contributed by atoms with Crippen LogP contribution >= 0.6 is 0 Å². The van der Waals surface area contributed by atoms with E-state index in [0.29, 0.717) is 18.4 Å². The van der Waals surface area contributed by atoms with Crippen molar-refractivity contribution in [1.82, 2.24) is 0 Å². The molecular formula is C31H27F3N+. The lowest BCUT2D eigenvalue weighted by molar-refractivity contribution is -0.660. The number of rotatable bonds is 1. The molecule has 3 aromatic carbocycles. The lowest BCUT2D eigenvalue weighted by Gasteiger charge is -2.17. The number of hydrogen-bond acceptors (Lipinski definition) is 0. The minimum absolute atomic E-state index is 0.385. The van der Waals surface area contributed by atoms with E-state index < -0.39 is 11.7 Å². The summed E-state index contributed by atoms with van der Waals surface area (Å²) >= 11 is 0. The Morgan fingerprint density at radius 1 is 0.714 bits per heavy atom. The second-order valence-corrected chi connectivity index (χ2v) is 10.2. The fourth-order valence-corrected chi connectivity index (χ4v) is 6.24. The molecule has 0 fully saturated rings. The molecule has 2 aliphatic rings. The number of hydrogen-bond donors (Lipinski definition) is 0. The summed E-state index contributed by atoms with van der Waals surface area (Å²) in [6, 6.07) is 13.5. The lowest BCUT2D eigenvalue weighted by Crippen LogP contribution is -2.32. The third-order valence-electron chi connectivity index (χ3n) is 8.03. The maximum atomic E-state index is 14.4. The van der Waals surface area contributed by atoms with Crippen LogP contribution in [0.25, 0.3) is 33.5 Å². The molecule has 6 rings (SSSR count). The molecule has 2 aliphatic carbocycles. The van der Waals surface area contributed by atoms with Gasteiger partial charge in [0.05, 0.1) is 5.56 Å². The van der Waals surface area contributed by atoms with Gasteiger partial charge >= 0.3 is 6.18 Å². The highest BCUT2D eigenvalue weighted by Crippen LogP contribution is 2.53. The molecule has 0 atom stereocenters. The van der Waals surface area contributed by atoms with E-state index in [0.717, 1.165) is 55.8 Å². The van der Waals surface area contributed by atoms with Gasteiger partial charge in [-0.3, -0.25) is 0 Å². The van der Waals surface area contributed by atoms with E-state index >= 15 is 0 Å². The highest BCUT2D eigenvalue weighted by molar-refractivity contribution is 5.91. The highest BCUT2D eigenvalue weighted by Gasteiger charge is 2.41. The van der Waals surface area contributed by atoms with E-state index in [1.54, 1.807) is 0 Å². The SMILES string of the molecule is Cc1cc(C)c(C)c(-c2c3c(cc[n+]2C)-c2cc(C(F)(F)F)c4c(c2C3)Cc2c(C)cccc2-4)c1. The van der Waals surface area contributed by atoms with Crippen molar-refractivity contribution in [3.05, 3.63) is 98.7 Å². The first-order valence-electron chi connectivity index (χ1n) is 12.0. The molecule has 0 saturated carbocycles. The standard InChI is InChI=1S/C31H27F3N/c1-16-11-18(3)19(4)23(12-16)30-27-14-24-25(20(27)9-10-35(30)5)15-28(31(32,33)34)29-21-8-6-7-17(2)22(21)13-26(24)29/h6-12,15H,13-14H2,1-5H3/q+1. The molecule has 0 radical (unpaired) electrons. The first kappa shape index (κ1) is 22.1. The largest absolute Gasteiger partial charge is 0.417 e. The van der Waals surface area contributed by atoms with Crippen molar-refractivity contribution in [3.63, 3.8) is 0 Å². The molecule has 0 unspecified atom stereocenters. The zero-order chi connectivity index (χ0) is 24.8. The van der Waals surface area contributed by atoms with Gasteiger partial charge in [0, 0.05) is 23.6 Å². The predicted molar refractivity (Wildman–Crippen MR) is 133 cm³/mol. The van der Waals surface area contributed by atoms with Crippen LogP contribution in [0.2, 0.25) is 0 Å². The Labute approximate surface area is 203 Å². The molecule has 4 heteroatoms. The van der Waals surface area contributed by atoms with Crippen LogP contribution < -0.4 is 4.57 Å². The molecular weight excluding hydrogens is 443 g/mol. The Balaban J connectivity index is 1.65. The maximum absolute atomic E-state index is 14.4. The summed E-state index contributed by atoms with van der Waals surface area (Å²) < 4.78 is 45.4. The van der Waals surface area contributed by atoms with Gasteiger partial charge in [0.15, 0.2) is 6.20 Å². The molecule has 0 bridgehead atoms. The van der Waals surface area contributed by atoms with E-state index in [-0.39, 0.29) is 0 Å². The van der Waals surface area contributed by atoms with E-state index in [2.05, 4.69) is 37.5 Å². The number of benzene rings is 3. The topological polar surface area (TPSA) is 3.88 Å². The second kappa shape index (κ2) is 7.30. The number of alkyl halides is 3. The summed E-state index contributed by atoms with van der Waals surface area (Å²) in [5, 5.41) is 0. The summed E-state index contributed by atoms with van der Waals surface area (Å²) in [7, 11) is 2.03. The monoisotopic (exact) mass is 470 g/mol. The van der Waals surface area contributed by atoms with E-state index in [9.17, 15) is 13.2 Å². The number of halogens is 3. The number of aromatic nitrogens is 1. The minimum atomic E-state index is -4.42. The maximum Gasteiger partial charge on any atom is 0.417 e. The van der Waals surface area contributed by atoms with Crippen LogP contribution in [0.15, 0.2) is 48.7 Å². The number of aryl methyl sites for hydroxylation is 4. The van der Waals surface area contributed by atoms with Crippen molar-refractivity contribution < 1.29 is 17.7 Å². The van der Waals surface area contributed by atoms with Crippen LogP contribution in [0.1, 0.15) is 50.1 Å². The van der Waals surface area contributed by atoms with Gasteiger partial charge in [-0.1, -0.05) is 29.8 Å². The van der Waals surface area contributed by atoms with Gasteiger partial charge in [-0.2, -0.15) is 13.2 Å². The fourth-order valence-electron chi connectivity index (χ4n) is 6.24. The second-order valence-electron chi connectivity index (χ2n) is 10.2. The van der Waals surface area contributed by atoms with Crippen LogP contribution in [0.3, 0.4) is 0 Å². The Bertz CT molecular complexity index is 1570. The van der Waals surface area contributed by atoms with Gasteiger partial charge in [-0.15, -0.1) is 0 Å². The number of nitrogens with zero attached hydrogens (tertiary/aromatic N) is 1. The molecule has 0 N–H and O–H groups in total. The van der Waals surface area contributed by atoms with Crippen LogP contribution in [0.5, 0.6) is 0 Å². The van der Waals surface area contributed by atoms with Crippen LogP contribution in [0.4, 0.5) is 13.2 Å². The smallest absolute Gasteiger partial charge is 0.201 e. The minimum Gasteiger partial charge on any atom is -0.201 e. The molecule has 0 amide bonds. The predicted octanol–water partition coefficient (Wildman–Crippen LogP) is 7.57. The zero-order valence-corrected chi connectivity index (χ0v) is 20.6. The first-order valence-corrected chi connectivity index (χ1v) is 12.0. The van der Waals surface area contributed by atoms with Crippen molar-refractivity contribution in [2.24, 2.45) is 7.05 Å². The highest BCUT2D eigenvalue weighted by atomic mass is 19.4. The van der Waals surface area contributed by atoms with Crippen molar-refractivity contribution in [1.29, 1.82) is 0 Å². The summed E-state index contributed by atoms with van der Waals surface area (Å²) in [6.07, 6.45) is -1.23.